The first kappa shape index (κ1) is 11.0. The summed E-state index contributed by atoms with van der Waals surface area (Å²) in [5, 5.41) is 9.08. The highest BCUT2D eigenvalue weighted by Crippen LogP contribution is 2.48. The molecular weight excluding hydrogens is 198 g/mol. The van der Waals surface area contributed by atoms with Gasteiger partial charge in [-0.25, -0.2) is 0 Å². The summed E-state index contributed by atoms with van der Waals surface area (Å²) in [6.45, 7) is 4.11. The molecule has 0 heterocycles. The van der Waals surface area contributed by atoms with Gasteiger partial charge in [-0.2, -0.15) is 5.26 Å². The molecule has 16 heavy (non-hydrogen) atoms. The zero-order chi connectivity index (χ0) is 11.8. The van der Waals surface area contributed by atoms with Crippen molar-refractivity contribution in [3.8, 4) is 11.8 Å². The smallest absolute Gasteiger partial charge is 0.124 e. The van der Waals surface area contributed by atoms with Crippen molar-refractivity contribution >= 4 is 0 Å². The normalized spacial score (nSPS) is 16.6. The molecule has 0 atom stereocenters. The zero-order valence-electron chi connectivity index (χ0n) is 10.1. The Morgan fingerprint density at radius 3 is 2.25 bits per heavy atom. The summed E-state index contributed by atoms with van der Waals surface area (Å²) in [4.78, 5) is 0. The van der Waals surface area contributed by atoms with Crippen LogP contribution in [0.1, 0.15) is 29.5 Å². The Morgan fingerprint density at radius 2 is 1.88 bits per heavy atom. The van der Waals surface area contributed by atoms with Crippen molar-refractivity contribution in [2.24, 2.45) is 5.41 Å². The van der Waals surface area contributed by atoms with Crippen LogP contribution in [0.4, 0.5) is 0 Å². The minimum absolute atomic E-state index is 0.0620. The van der Waals surface area contributed by atoms with Crippen molar-refractivity contribution in [1.82, 2.24) is 0 Å². The van der Waals surface area contributed by atoms with Crippen LogP contribution in [0.5, 0.6) is 5.75 Å². The molecular formula is C14H17NO. The molecule has 1 aliphatic rings. The van der Waals surface area contributed by atoms with E-state index in [-0.39, 0.29) is 5.41 Å². The predicted octanol–water partition coefficient (Wildman–Crippen LogP) is 3.16. The van der Waals surface area contributed by atoms with E-state index in [9.17, 15) is 0 Å². The second kappa shape index (κ2) is 3.83. The Balaban J connectivity index is 2.27. The molecule has 2 heteroatoms. The third-order valence-corrected chi connectivity index (χ3v) is 3.36. The van der Waals surface area contributed by atoms with Crippen molar-refractivity contribution in [3.05, 3.63) is 28.8 Å². The van der Waals surface area contributed by atoms with E-state index in [0.717, 1.165) is 36.1 Å². The first-order chi connectivity index (χ1) is 7.60. The summed E-state index contributed by atoms with van der Waals surface area (Å²) in [5.41, 5.74) is 3.51. The minimum atomic E-state index is -0.0620. The van der Waals surface area contributed by atoms with Gasteiger partial charge < -0.3 is 4.74 Å². The number of methoxy groups -OCH3 is 1. The SMILES string of the molecule is COc1c(C)cc(CC2(C#N)CC2)cc1C. The fourth-order valence-corrected chi connectivity index (χ4v) is 2.33. The van der Waals surface area contributed by atoms with E-state index in [2.05, 4.69) is 32.0 Å². The molecule has 84 valence electrons. The van der Waals surface area contributed by atoms with Crippen LogP contribution in [0.2, 0.25) is 0 Å². The average molecular weight is 215 g/mol. The van der Waals surface area contributed by atoms with Gasteiger partial charge >= 0.3 is 0 Å². The van der Waals surface area contributed by atoms with Crippen molar-refractivity contribution in [1.29, 1.82) is 5.26 Å². The van der Waals surface area contributed by atoms with Crippen LogP contribution in [-0.2, 0) is 6.42 Å². The Bertz CT molecular complexity index is 429. The topological polar surface area (TPSA) is 33.0 Å². The predicted molar refractivity (Wildman–Crippen MR) is 63.5 cm³/mol. The van der Waals surface area contributed by atoms with E-state index in [1.165, 1.54) is 5.56 Å². The van der Waals surface area contributed by atoms with Gasteiger partial charge in [0.1, 0.15) is 5.75 Å². The summed E-state index contributed by atoms with van der Waals surface area (Å²) in [6.07, 6.45) is 2.98. The van der Waals surface area contributed by atoms with Crippen LogP contribution in [0, 0.1) is 30.6 Å². The Hall–Kier alpha value is -1.49. The molecule has 0 aliphatic heterocycles. The molecule has 0 bridgehead atoms. The molecule has 0 spiro atoms. The van der Waals surface area contributed by atoms with E-state index in [1.807, 2.05) is 0 Å². The van der Waals surface area contributed by atoms with Crippen molar-refractivity contribution in [2.75, 3.05) is 7.11 Å². The summed E-state index contributed by atoms with van der Waals surface area (Å²) in [6, 6.07) is 6.72. The standard InChI is InChI=1S/C14H17NO/c1-10-6-12(7-11(2)13(10)16-3)8-14(9-15)4-5-14/h6-7H,4-5,8H2,1-3H3. The van der Waals surface area contributed by atoms with Crippen LogP contribution in [0.3, 0.4) is 0 Å². The van der Waals surface area contributed by atoms with Gasteiger partial charge in [0.2, 0.25) is 0 Å². The van der Waals surface area contributed by atoms with Gasteiger partial charge in [-0.15, -0.1) is 0 Å². The monoisotopic (exact) mass is 215 g/mol. The summed E-state index contributed by atoms with van der Waals surface area (Å²) >= 11 is 0. The van der Waals surface area contributed by atoms with E-state index in [4.69, 9.17) is 10.00 Å². The first-order valence-electron chi connectivity index (χ1n) is 5.65. The second-order valence-electron chi connectivity index (χ2n) is 4.83. The maximum absolute atomic E-state index is 9.08. The number of rotatable bonds is 3. The van der Waals surface area contributed by atoms with E-state index >= 15 is 0 Å². The van der Waals surface area contributed by atoms with Crippen LogP contribution >= 0.6 is 0 Å². The lowest BCUT2D eigenvalue weighted by Crippen LogP contribution is -2.03. The molecule has 0 aromatic heterocycles. The highest BCUT2D eigenvalue weighted by atomic mass is 16.5. The molecule has 2 nitrogen and oxygen atoms in total. The fourth-order valence-electron chi connectivity index (χ4n) is 2.33. The molecule has 0 amide bonds. The van der Waals surface area contributed by atoms with Crippen molar-refractivity contribution < 1.29 is 4.74 Å². The van der Waals surface area contributed by atoms with Gasteiger partial charge in [0.05, 0.1) is 18.6 Å². The van der Waals surface area contributed by atoms with E-state index in [0.29, 0.717) is 0 Å². The van der Waals surface area contributed by atoms with Crippen LogP contribution in [0.15, 0.2) is 12.1 Å². The number of nitriles is 1. The molecule has 1 aromatic rings. The molecule has 0 unspecified atom stereocenters. The maximum atomic E-state index is 9.08. The molecule has 0 saturated heterocycles. The molecule has 1 aromatic carbocycles. The van der Waals surface area contributed by atoms with Crippen LogP contribution in [0.25, 0.3) is 0 Å². The van der Waals surface area contributed by atoms with Crippen LogP contribution < -0.4 is 4.74 Å². The number of nitrogens with zero attached hydrogens (tertiary/aromatic N) is 1. The Morgan fingerprint density at radius 1 is 1.31 bits per heavy atom. The van der Waals surface area contributed by atoms with Crippen molar-refractivity contribution in [3.63, 3.8) is 0 Å². The molecule has 0 radical (unpaired) electrons. The molecule has 2 rings (SSSR count). The lowest BCUT2D eigenvalue weighted by atomic mass is 9.95. The largest absolute Gasteiger partial charge is 0.496 e. The number of ether oxygens (including phenoxy) is 1. The van der Waals surface area contributed by atoms with E-state index in [1.54, 1.807) is 7.11 Å². The number of aryl methyl sites for hydroxylation is 2. The van der Waals surface area contributed by atoms with Gasteiger partial charge in [-0.05, 0) is 49.8 Å². The molecule has 1 saturated carbocycles. The van der Waals surface area contributed by atoms with Gasteiger partial charge in [0.15, 0.2) is 0 Å². The highest BCUT2D eigenvalue weighted by molar-refractivity contribution is 5.44. The number of hydrogen-bond donors (Lipinski definition) is 0. The molecule has 1 fully saturated rings. The lowest BCUT2D eigenvalue weighted by Gasteiger charge is -2.12. The zero-order valence-corrected chi connectivity index (χ0v) is 10.1. The summed E-state index contributed by atoms with van der Waals surface area (Å²) in [7, 11) is 1.70. The van der Waals surface area contributed by atoms with Gasteiger partial charge in [-0.1, -0.05) is 12.1 Å². The van der Waals surface area contributed by atoms with Gasteiger partial charge in [-0.3, -0.25) is 0 Å². The fraction of sp³-hybridized carbons (Fsp3) is 0.500. The van der Waals surface area contributed by atoms with Crippen LogP contribution in [-0.4, -0.2) is 7.11 Å². The molecule has 1 aliphatic carbocycles. The lowest BCUT2D eigenvalue weighted by molar-refractivity contribution is 0.408. The number of hydrogen-bond acceptors (Lipinski definition) is 2. The van der Waals surface area contributed by atoms with Gasteiger partial charge in [0.25, 0.3) is 0 Å². The summed E-state index contributed by atoms with van der Waals surface area (Å²) in [5.74, 6) is 0.963. The quantitative estimate of drug-likeness (QED) is 0.776. The van der Waals surface area contributed by atoms with Crippen molar-refractivity contribution in [2.45, 2.75) is 33.1 Å². The Labute approximate surface area is 96.9 Å². The highest BCUT2D eigenvalue weighted by Gasteiger charge is 2.43. The third kappa shape index (κ3) is 1.90. The maximum Gasteiger partial charge on any atom is 0.124 e. The first-order valence-corrected chi connectivity index (χ1v) is 5.65. The third-order valence-electron chi connectivity index (χ3n) is 3.36. The minimum Gasteiger partial charge on any atom is -0.496 e. The second-order valence-corrected chi connectivity index (χ2v) is 4.83. The Kier molecular flexibility index (Phi) is 2.63. The molecule has 0 N–H and O–H groups in total. The van der Waals surface area contributed by atoms with Gasteiger partial charge in [0, 0.05) is 0 Å². The summed E-state index contributed by atoms with van der Waals surface area (Å²) < 4.78 is 5.34. The average Bonchev–Trinajstić information content (AvgIpc) is 2.98. The number of benzene rings is 1. The van der Waals surface area contributed by atoms with E-state index < -0.39 is 0 Å².